The van der Waals surface area contributed by atoms with E-state index in [1.165, 1.54) is 12.1 Å². The molecule has 0 spiro atoms. The molecule has 1 heterocycles. The molecule has 5 nitrogen and oxygen atoms in total. The third kappa shape index (κ3) is 3.84. The number of aliphatic carboxylic acids is 1. The van der Waals surface area contributed by atoms with Crippen LogP contribution < -0.4 is 10.2 Å². The highest BCUT2D eigenvalue weighted by atomic mass is 35.5. The van der Waals surface area contributed by atoms with E-state index in [0.29, 0.717) is 12.0 Å². The average Bonchev–Trinajstić information content (AvgIpc) is 2.63. The van der Waals surface area contributed by atoms with Crippen molar-refractivity contribution in [1.29, 1.82) is 0 Å². The van der Waals surface area contributed by atoms with Crippen molar-refractivity contribution in [3.8, 4) is 17.1 Å². The van der Waals surface area contributed by atoms with Crippen molar-refractivity contribution in [3.05, 3.63) is 57.5 Å². The Morgan fingerprint density at radius 1 is 1.23 bits per heavy atom. The quantitative estimate of drug-likeness (QED) is 0.656. The molecule has 1 unspecified atom stereocenters. The molecule has 9 heteroatoms. The molecule has 4 rings (SSSR count). The van der Waals surface area contributed by atoms with Crippen LogP contribution >= 0.6 is 11.6 Å². The highest BCUT2D eigenvalue weighted by Crippen LogP contribution is 2.42. The van der Waals surface area contributed by atoms with Crippen molar-refractivity contribution in [2.45, 2.75) is 36.9 Å². The second-order valence-electron chi connectivity index (χ2n) is 7.31. The summed E-state index contributed by atoms with van der Waals surface area (Å²) in [6.07, 6.45) is -1.20. The summed E-state index contributed by atoms with van der Waals surface area (Å²) in [5, 5.41) is 8.39. The molecule has 0 radical (unpaired) electrons. The molecule has 0 aliphatic heterocycles. The van der Waals surface area contributed by atoms with E-state index in [9.17, 15) is 22.8 Å². The zero-order valence-corrected chi connectivity index (χ0v) is 16.2. The number of carboxylic acids is 1. The van der Waals surface area contributed by atoms with Gasteiger partial charge in [0.05, 0.1) is 22.4 Å². The first-order valence-corrected chi connectivity index (χ1v) is 9.67. The van der Waals surface area contributed by atoms with Crippen molar-refractivity contribution >= 4 is 23.6 Å². The van der Waals surface area contributed by atoms with Gasteiger partial charge in [-0.15, -0.1) is 11.6 Å². The molecular weight excluding hydrogens is 425 g/mol. The van der Waals surface area contributed by atoms with E-state index < -0.39 is 40.9 Å². The first-order valence-electron chi connectivity index (χ1n) is 9.23. The van der Waals surface area contributed by atoms with Crippen LogP contribution in [0.5, 0.6) is 5.75 Å². The summed E-state index contributed by atoms with van der Waals surface area (Å²) in [6, 6.07) is 4.41. The Hall–Kier alpha value is -2.74. The zero-order valence-electron chi connectivity index (χ0n) is 15.4. The summed E-state index contributed by atoms with van der Waals surface area (Å²) in [6.45, 7) is 0. The summed E-state index contributed by atoms with van der Waals surface area (Å²) in [7, 11) is 0. The molecule has 2 aliphatic carbocycles. The molecule has 1 fully saturated rings. The SMILES string of the molecule is O=C(O)C1CC(Oc2cc(-c3cc(=O)c4c(o3)C(Cl)CC=C4)ccc2C(F)(F)F)C1. The van der Waals surface area contributed by atoms with E-state index in [-0.39, 0.29) is 35.4 Å². The summed E-state index contributed by atoms with van der Waals surface area (Å²) >= 11 is 6.22. The Labute approximate surface area is 173 Å². The molecule has 30 heavy (non-hydrogen) atoms. The first-order chi connectivity index (χ1) is 14.1. The maximum atomic E-state index is 13.4. The van der Waals surface area contributed by atoms with Gasteiger partial charge in [-0.2, -0.15) is 13.2 Å². The van der Waals surface area contributed by atoms with Crippen LogP contribution in [0.1, 0.15) is 41.5 Å². The predicted molar refractivity (Wildman–Crippen MR) is 102 cm³/mol. The number of carboxylic acid groups (broad SMARTS) is 1. The molecular formula is C21H16ClF3O5. The lowest BCUT2D eigenvalue weighted by molar-refractivity contribution is -0.149. The highest BCUT2D eigenvalue weighted by Gasteiger charge is 2.39. The lowest BCUT2D eigenvalue weighted by Crippen LogP contribution is -2.38. The van der Waals surface area contributed by atoms with Crippen LogP contribution in [0.2, 0.25) is 0 Å². The fraction of sp³-hybridized carbons (Fsp3) is 0.333. The highest BCUT2D eigenvalue weighted by molar-refractivity contribution is 6.21. The van der Waals surface area contributed by atoms with Crippen LogP contribution in [0.25, 0.3) is 17.4 Å². The molecule has 2 aromatic rings. The van der Waals surface area contributed by atoms with Crippen molar-refractivity contribution in [2.24, 2.45) is 5.92 Å². The van der Waals surface area contributed by atoms with Gasteiger partial charge in [0.1, 0.15) is 23.4 Å². The van der Waals surface area contributed by atoms with Crippen LogP contribution in [0.3, 0.4) is 0 Å². The van der Waals surface area contributed by atoms with Crippen molar-refractivity contribution in [1.82, 2.24) is 0 Å². The van der Waals surface area contributed by atoms with Gasteiger partial charge in [0, 0.05) is 11.6 Å². The van der Waals surface area contributed by atoms with Gasteiger partial charge in [-0.05, 0) is 31.4 Å². The van der Waals surface area contributed by atoms with E-state index in [1.807, 2.05) is 0 Å². The summed E-state index contributed by atoms with van der Waals surface area (Å²) in [5.74, 6) is -1.71. The Balaban J connectivity index is 1.71. The molecule has 1 aromatic carbocycles. The third-order valence-corrected chi connectivity index (χ3v) is 5.61. The van der Waals surface area contributed by atoms with Gasteiger partial charge in [-0.25, -0.2) is 0 Å². The fourth-order valence-corrected chi connectivity index (χ4v) is 3.79. The van der Waals surface area contributed by atoms with Crippen molar-refractivity contribution in [2.75, 3.05) is 0 Å². The lowest BCUT2D eigenvalue weighted by atomic mass is 9.82. The Morgan fingerprint density at radius 2 is 1.97 bits per heavy atom. The largest absolute Gasteiger partial charge is 0.490 e. The van der Waals surface area contributed by atoms with E-state index in [1.54, 1.807) is 12.2 Å². The normalized spacial score (nSPS) is 22.9. The van der Waals surface area contributed by atoms with Gasteiger partial charge >= 0.3 is 12.1 Å². The Morgan fingerprint density at radius 3 is 2.63 bits per heavy atom. The van der Waals surface area contributed by atoms with Gasteiger partial charge in [0.2, 0.25) is 0 Å². The van der Waals surface area contributed by atoms with E-state index in [2.05, 4.69) is 0 Å². The molecule has 1 N–H and O–H groups in total. The smallest absolute Gasteiger partial charge is 0.419 e. The monoisotopic (exact) mass is 440 g/mol. The molecule has 0 saturated heterocycles. The van der Waals surface area contributed by atoms with E-state index in [0.717, 1.165) is 12.1 Å². The average molecular weight is 441 g/mol. The number of fused-ring (bicyclic) bond motifs is 1. The number of halogens is 4. The number of alkyl halides is 4. The minimum atomic E-state index is -4.66. The number of ether oxygens (including phenoxy) is 1. The summed E-state index contributed by atoms with van der Waals surface area (Å²) in [5.41, 5.74) is -0.782. The van der Waals surface area contributed by atoms with Gasteiger partial charge in [0.15, 0.2) is 5.43 Å². The predicted octanol–water partition coefficient (Wildman–Crippen LogP) is 5.26. The Kier molecular flexibility index (Phi) is 5.13. The molecule has 1 saturated carbocycles. The maximum Gasteiger partial charge on any atom is 0.419 e. The van der Waals surface area contributed by atoms with Gasteiger partial charge < -0.3 is 14.3 Å². The molecule has 1 aromatic heterocycles. The van der Waals surface area contributed by atoms with E-state index >= 15 is 0 Å². The van der Waals surface area contributed by atoms with Crippen LogP contribution in [-0.2, 0) is 11.0 Å². The minimum Gasteiger partial charge on any atom is -0.490 e. The van der Waals surface area contributed by atoms with Crippen LogP contribution in [-0.4, -0.2) is 17.2 Å². The Bertz CT molecular complexity index is 1080. The van der Waals surface area contributed by atoms with Gasteiger partial charge in [-0.3, -0.25) is 9.59 Å². The number of carbonyl (C=O) groups is 1. The van der Waals surface area contributed by atoms with Crippen molar-refractivity contribution < 1.29 is 32.2 Å². The zero-order chi connectivity index (χ0) is 21.6. The molecule has 1 atom stereocenters. The first kappa shape index (κ1) is 20.5. The second kappa shape index (κ2) is 7.50. The minimum absolute atomic E-state index is 0.0790. The lowest BCUT2D eigenvalue weighted by Gasteiger charge is -2.33. The number of benzene rings is 1. The van der Waals surface area contributed by atoms with Gasteiger partial charge in [0.25, 0.3) is 0 Å². The fourth-order valence-electron chi connectivity index (χ4n) is 3.52. The van der Waals surface area contributed by atoms with E-state index in [4.69, 9.17) is 25.9 Å². The third-order valence-electron chi connectivity index (χ3n) is 5.23. The topological polar surface area (TPSA) is 76.7 Å². The molecule has 0 bridgehead atoms. The maximum absolute atomic E-state index is 13.4. The number of rotatable bonds is 4. The molecule has 158 valence electrons. The molecule has 2 aliphatic rings. The molecule has 0 amide bonds. The van der Waals surface area contributed by atoms with Crippen molar-refractivity contribution in [3.63, 3.8) is 0 Å². The standard InChI is InChI=1S/C21H16ClF3O5/c22-15-3-1-2-13-16(26)9-17(30-19(13)15)10-4-5-14(21(23,24)25)18(8-10)29-12-6-11(7-12)20(27)28/h1-2,4-5,8-9,11-12,15H,3,6-7H2,(H,27,28). The number of hydrogen-bond acceptors (Lipinski definition) is 4. The number of allylic oxidation sites excluding steroid dienone is 1. The summed E-state index contributed by atoms with van der Waals surface area (Å²) in [4.78, 5) is 23.3. The van der Waals surface area contributed by atoms with Crippen LogP contribution in [0.4, 0.5) is 13.2 Å². The van der Waals surface area contributed by atoms with Crippen LogP contribution in [0, 0.1) is 5.92 Å². The van der Waals surface area contributed by atoms with Gasteiger partial charge in [-0.1, -0.05) is 18.2 Å². The summed E-state index contributed by atoms with van der Waals surface area (Å²) < 4.78 is 51.5. The number of hydrogen-bond donors (Lipinski definition) is 1. The second-order valence-corrected chi connectivity index (χ2v) is 7.84. The van der Waals surface area contributed by atoms with Crippen LogP contribution in [0.15, 0.2) is 39.6 Å².